The average Bonchev–Trinajstić information content (AvgIpc) is 2.55. The molecule has 0 bridgehead atoms. The van der Waals surface area contributed by atoms with Gasteiger partial charge in [0.05, 0.1) is 0 Å². The van der Waals surface area contributed by atoms with Crippen LogP contribution in [-0.2, 0) is 4.79 Å². The van der Waals surface area contributed by atoms with Crippen molar-refractivity contribution in [1.29, 1.82) is 0 Å². The lowest BCUT2D eigenvalue weighted by Crippen LogP contribution is -2.32. The Bertz CT molecular complexity index is 595. The summed E-state index contributed by atoms with van der Waals surface area (Å²) in [4.78, 5) is 11.9. The summed E-state index contributed by atoms with van der Waals surface area (Å²) in [6.45, 7) is 4.79. The molecular weight excluding hydrogens is 274 g/mol. The molecule has 2 aromatic rings. The monoisotopic (exact) mass is 297 g/mol. The summed E-state index contributed by atoms with van der Waals surface area (Å²) < 4.78 is 5.56. The normalized spacial score (nSPS) is 11.7. The standard InChI is InChI=1S/C19H23NO2/c1-3-16(17-10-5-4-6-11-17)13-20-19(21)14-22-18-12-8-7-9-15(18)2/h4-12,16H,3,13-14H2,1-2H3,(H,20,21). The first-order valence-corrected chi connectivity index (χ1v) is 7.70. The molecule has 3 nitrogen and oxygen atoms in total. The van der Waals surface area contributed by atoms with Gasteiger partial charge in [-0.1, -0.05) is 55.5 Å². The van der Waals surface area contributed by atoms with Gasteiger partial charge in [0.2, 0.25) is 0 Å². The molecular formula is C19H23NO2. The number of carbonyl (C=O) groups excluding carboxylic acids is 1. The maximum atomic E-state index is 11.9. The SMILES string of the molecule is CCC(CNC(=O)COc1ccccc1C)c1ccccc1. The van der Waals surface area contributed by atoms with Crippen molar-refractivity contribution in [3.05, 3.63) is 65.7 Å². The van der Waals surface area contributed by atoms with Crippen molar-refractivity contribution in [2.45, 2.75) is 26.2 Å². The van der Waals surface area contributed by atoms with Gasteiger partial charge in [-0.2, -0.15) is 0 Å². The summed E-state index contributed by atoms with van der Waals surface area (Å²) in [5.74, 6) is 1.01. The van der Waals surface area contributed by atoms with Crippen LogP contribution in [0.25, 0.3) is 0 Å². The fourth-order valence-electron chi connectivity index (χ4n) is 2.37. The Balaban J connectivity index is 1.81. The number of ether oxygens (including phenoxy) is 1. The second kappa shape index (κ2) is 8.23. The van der Waals surface area contributed by atoms with Crippen LogP contribution in [0.5, 0.6) is 5.75 Å². The third-order valence-electron chi connectivity index (χ3n) is 3.76. The summed E-state index contributed by atoms with van der Waals surface area (Å²) in [7, 11) is 0. The van der Waals surface area contributed by atoms with Gasteiger partial charge in [-0.15, -0.1) is 0 Å². The summed E-state index contributed by atoms with van der Waals surface area (Å²) in [5.41, 5.74) is 2.29. The highest BCUT2D eigenvalue weighted by molar-refractivity contribution is 5.77. The maximum Gasteiger partial charge on any atom is 0.257 e. The highest BCUT2D eigenvalue weighted by atomic mass is 16.5. The molecule has 116 valence electrons. The van der Waals surface area contributed by atoms with Crippen LogP contribution in [0.1, 0.15) is 30.4 Å². The topological polar surface area (TPSA) is 38.3 Å². The molecule has 1 unspecified atom stereocenters. The van der Waals surface area contributed by atoms with Crippen LogP contribution < -0.4 is 10.1 Å². The van der Waals surface area contributed by atoms with E-state index in [-0.39, 0.29) is 12.5 Å². The highest BCUT2D eigenvalue weighted by Gasteiger charge is 2.11. The molecule has 0 heterocycles. The van der Waals surface area contributed by atoms with E-state index in [9.17, 15) is 4.79 Å². The number of aryl methyl sites for hydroxylation is 1. The molecule has 1 N–H and O–H groups in total. The van der Waals surface area contributed by atoms with Gasteiger partial charge in [0, 0.05) is 12.5 Å². The molecule has 2 aromatic carbocycles. The number of hydrogen-bond donors (Lipinski definition) is 1. The van der Waals surface area contributed by atoms with Crippen molar-refractivity contribution in [3.63, 3.8) is 0 Å². The Morgan fingerprint density at radius 3 is 2.45 bits per heavy atom. The van der Waals surface area contributed by atoms with Crippen LogP contribution in [-0.4, -0.2) is 19.1 Å². The smallest absolute Gasteiger partial charge is 0.257 e. The number of benzene rings is 2. The van der Waals surface area contributed by atoms with E-state index >= 15 is 0 Å². The third kappa shape index (κ3) is 4.62. The summed E-state index contributed by atoms with van der Waals surface area (Å²) in [6, 6.07) is 18.0. The van der Waals surface area contributed by atoms with Crippen LogP contribution >= 0.6 is 0 Å². The third-order valence-corrected chi connectivity index (χ3v) is 3.76. The van der Waals surface area contributed by atoms with Gasteiger partial charge in [-0.05, 0) is 30.5 Å². The lowest BCUT2D eigenvalue weighted by molar-refractivity contribution is -0.123. The largest absolute Gasteiger partial charge is 0.484 e. The lowest BCUT2D eigenvalue weighted by Gasteiger charge is -2.16. The molecule has 0 aromatic heterocycles. The van der Waals surface area contributed by atoms with Crippen LogP contribution in [0.2, 0.25) is 0 Å². The van der Waals surface area contributed by atoms with Crippen molar-refractivity contribution in [2.24, 2.45) is 0 Å². The van der Waals surface area contributed by atoms with Crippen molar-refractivity contribution < 1.29 is 9.53 Å². The van der Waals surface area contributed by atoms with Crippen molar-refractivity contribution >= 4 is 5.91 Å². The van der Waals surface area contributed by atoms with Crippen LogP contribution in [0, 0.1) is 6.92 Å². The first-order chi connectivity index (χ1) is 10.7. The second-order valence-electron chi connectivity index (χ2n) is 5.37. The molecule has 0 aliphatic rings. The number of amides is 1. The zero-order valence-electron chi connectivity index (χ0n) is 13.2. The molecule has 0 spiro atoms. The number of hydrogen-bond acceptors (Lipinski definition) is 2. The van der Waals surface area contributed by atoms with Crippen LogP contribution in [0.3, 0.4) is 0 Å². The van der Waals surface area contributed by atoms with Gasteiger partial charge in [0.15, 0.2) is 6.61 Å². The van der Waals surface area contributed by atoms with Gasteiger partial charge in [-0.25, -0.2) is 0 Å². The quantitative estimate of drug-likeness (QED) is 0.846. The Hall–Kier alpha value is -2.29. The fraction of sp³-hybridized carbons (Fsp3) is 0.316. The Morgan fingerprint density at radius 2 is 1.77 bits per heavy atom. The van der Waals surface area contributed by atoms with E-state index < -0.39 is 0 Å². The van der Waals surface area contributed by atoms with E-state index in [1.807, 2.05) is 49.4 Å². The molecule has 0 saturated heterocycles. The second-order valence-corrected chi connectivity index (χ2v) is 5.37. The van der Waals surface area contributed by atoms with Crippen molar-refractivity contribution in [3.8, 4) is 5.75 Å². The van der Waals surface area contributed by atoms with Gasteiger partial charge in [0.25, 0.3) is 5.91 Å². The predicted octanol–water partition coefficient (Wildman–Crippen LogP) is 3.68. The lowest BCUT2D eigenvalue weighted by atomic mass is 9.96. The molecule has 2 rings (SSSR count). The summed E-state index contributed by atoms with van der Waals surface area (Å²) in [6.07, 6.45) is 0.989. The van der Waals surface area contributed by atoms with E-state index in [0.29, 0.717) is 12.5 Å². The minimum Gasteiger partial charge on any atom is -0.484 e. The zero-order valence-corrected chi connectivity index (χ0v) is 13.2. The van der Waals surface area contributed by atoms with E-state index in [1.54, 1.807) is 0 Å². The van der Waals surface area contributed by atoms with Gasteiger partial charge in [-0.3, -0.25) is 4.79 Å². The molecule has 1 amide bonds. The minimum atomic E-state index is -0.0855. The molecule has 0 fully saturated rings. The molecule has 0 aliphatic heterocycles. The molecule has 0 saturated carbocycles. The van der Waals surface area contributed by atoms with Crippen molar-refractivity contribution in [1.82, 2.24) is 5.32 Å². The number of carbonyl (C=O) groups is 1. The summed E-state index contributed by atoms with van der Waals surface area (Å²) in [5, 5.41) is 2.96. The summed E-state index contributed by atoms with van der Waals surface area (Å²) >= 11 is 0. The fourth-order valence-corrected chi connectivity index (χ4v) is 2.37. The van der Waals surface area contributed by atoms with E-state index in [1.165, 1.54) is 5.56 Å². The van der Waals surface area contributed by atoms with Crippen molar-refractivity contribution in [2.75, 3.05) is 13.2 Å². The molecule has 3 heteroatoms. The molecule has 22 heavy (non-hydrogen) atoms. The first-order valence-electron chi connectivity index (χ1n) is 7.70. The predicted molar refractivity (Wildman–Crippen MR) is 89.2 cm³/mol. The Morgan fingerprint density at radius 1 is 1.09 bits per heavy atom. The Kier molecular flexibility index (Phi) is 6.01. The van der Waals surface area contributed by atoms with Gasteiger partial charge >= 0.3 is 0 Å². The zero-order chi connectivity index (χ0) is 15.8. The maximum absolute atomic E-state index is 11.9. The van der Waals surface area contributed by atoms with E-state index in [2.05, 4.69) is 24.4 Å². The number of rotatable bonds is 7. The number of nitrogens with one attached hydrogen (secondary N) is 1. The van der Waals surface area contributed by atoms with E-state index in [4.69, 9.17) is 4.74 Å². The van der Waals surface area contributed by atoms with E-state index in [0.717, 1.165) is 17.7 Å². The highest BCUT2D eigenvalue weighted by Crippen LogP contribution is 2.18. The average molecular weight is 297 g/mol. The van der Waals surface area contributed by atoms with Crippen LogP contribution in [0.4, 0.5) is 0 Å². The molecule has 0 radical (unpaired) electrons. The Labute approximate surface area is 132 Å². The number of para-hydroxylation sites is 1. The molecule has 0 aliphatic carbocycles. The minimum absolute atomic E-state index is 0.0517. The van der Waals surface area contributed by atoms with Crippen LogP contribution in [0.15, 0.2) is 54.6 Å². The first kappa shape index (κ1) is 16.1. The molecule has 1 atom stereocenters. The van der Waals surface area contributed by atoms with Gasteiger partial charge in [0.1, 0.15) is 5.75 Å². The van der Waals surface area contributed by atoms with Gasteiger partial charge < -0.3 is 10.1 Å².